The molecule has 2 aromatic carbocycles. The fourth-order valence-corrected chi connectivity index (χ4v) is 5.25. The number of benzene rings is 2. The molecule has 3 aromatic rings. The zero-order chi connectivity index (χ0) is 23.4. The smallest absolute Gasteiger partial charge is 0.223 e. The van der Waals surface area contributed by atoms with Gasteiger partial charge in [0.05, 0.1) is 34.5 Å². The van der Waals surface area contributed by atoms with Gasteiger partial charge in [0, 0.05) is 17.8 Å². The first-order valence-electron chi connectivity index (χ1n) is 10.9. The van der Waals surface area contributed by atoms with Gasteiger partial charge in [0.2, 0.25) is 5.91 Å². The predicted molar refractivity (Wildman–Crippen MR) is 129 cm³/mol. The second kappa shape index (κ2) is 10.2. The standard InChI is InChI=1S/C26H29NO5S/c1-29-20-9-7-17(14-21(20)30-2)8-10-25(28)27-12-11-18-15-22(31-3)23(32-4)16-19(18)26(27)24-6-5-13-33-24/h5-7,9,13-16,26H,8,10-12H2,1-4H3. The Morgan fingerprint density at radius 2 is 1.64 bits per heavy atom. The Morgan fingerprint density at radius 1 is 0.939 bits per heavy atom. The van der Waals surface area contributed by atoms with Gasteiger partial charge in [-0.25, -0.2) is 0 Å². The van der Waals surface area contributed by atoms with Crippen LogP contribution in [0, 0.1) is 0 Å². The number of fused-ring (bicyclic) bond motifs is 1. The Labute approximate surface area is 198 Å². The lowest BCUT2D eigenvalue weighted by molar-refractivity contribution is -0.133. The minimum Gasteiger partial charge on any atom is -0.493 e. The summed E-state index contributed by atoms with van der Waals surface area (Å²) in [6.07, 6.45) is 1.82. The summed E-state index contributed by atoms with van der Waals surface area (Å²) in [5.74, 6) is 2.88. The van der Waals surface area contributed by atoms with E-state index in [0.29, 0.717) is 36.6 Å². The number of nitrogens with zero attached hydrogens (tertiary/aromatic N) is 1. The Hall–Kier alpha value is -3.19. The molecule has 0 fully saturated rings. The second-order valence-electron chi connectivity index (χ2n) is 7.85. The molecule has 0 aliphatic carbocycles. The molecule has 6 nitrogen and oxygen atoms in total. The first-order valence-corrected chi connectivity index (χ1v) is 11.8. The number of rotatable bonds is 8. The van der Waals surface area contributed by atoms with Crippen molar-refractivity contribution in [3.05, 3.63) is 69.4 Å². The first kappa shape index (κ1) is 23.0. The average molecular weight is 468 g/mol. The zero-order valence-corrected chi connectivity index (χ0v) is 20.2. The molecular formula is C26H29NO5S. The molecule has 7 heteroatoms. The molecule has 1 amide bonds. The van der Waals surface area contributed by atoms with Gasteiger partial charge in [0.25, 0.3) is 0 Å². The van der Waals surface area contributed by atoms with Gasteiger partial charge in [0.15, 0.2) is 23.0 Å². The molecule has 1 aliphatic rings. The highest BCUT2D eigenvalue weighted by Crippen LogP contribution is 2.42. The highest BCUT2D eigenvalue weighted by Gasteiger charge is 2.33. The fourth-order valence-electron chi connectivity index (χ4n) is 4.40. The van der Waals surface area contributed by atoms with Crippen LogP contribution < -0.4 is 18.9 Å². The van der Waals surface area contributed by atoms with Crippen LogP contribution in [0.5, 0.6) is 23.0 Å². The lowest BCUT2D eigenvalue weighted by Gasteiger charge is -2.37. The third-order valence-corrected chi connectivity index (χ3v) is 7.01. The number of aryl methyl sites for hydroxylation is 1. The van der Waals surface area contributed by atoms with Crippen LogP contribution in [0.4, 0.5) is 0 Å². The number of amides is 1. The van der Waals surface area contributed by atoms with E-state index in [1.165, 1.54) is 5.56 Å². The Bertz CT molecular complexity index is 1110. The minimum atomic E-state index is -0.133. The van der Waals surface area contributed by atoms with E-state index in [1.54, 1.807) is 39.8 Å². The molecule has 174 valence electrons. The Kier molecular flexibility index (Phi) is 7.08. The molecule has 0 radical (unpaired) electrons. The number of carbonyl (C=O) groups excluding carboxylic acids is 1. The van der Waals surface area contributed by atoms with E-state index >= 15 is 0 Å². The van der Waals surface area contributed by atoms with E-state index in [1.807, 2.05) is 41.3 Å². The van der Waals surface area contributed by atoms with Gasteiger partial charge >= 0.3 is 0 Å². The van der Waals surface area contributed by atoms with Crippen LogP contribution in [0.15, 0.2) is 47.8 Å². The third-order valence-electron chi connectivity index (χ3n) is 6.08. The molecule has 1 aliphatic heterocycles. The summed E-state index contributed by atoms with van der Waals surface area (Å²) in [4.78, 5) is 16.6. The molecule has 0 spiro atoms. The van der Waals surface area contributed by atoms with E-state index in [-0.39, 0.29) is 11.9 Å². The van der Waals surface area contributed by atoms with E-state index < -0.39 is 0 Å². The minimum absolute atomic E-state index is 0.128. The van der Waals surface area contributed by atoms with Crippen molar-refractivity contribution in [2.45, 2.75) is 25.3 Å². The largest absolute Gasteiger partial charge is 0.493 e. The molecule has 1 atom stereocenters. The highest BCUT2D eigenvalue weighted by molar-refractivity contribution is 7.10. The van der Waals surface area contributed by atoms with Crippen molar-refractivity contribution >= 4 is 17.2 Å². The summed E-state index contributed by atoms with van der Waals surface area (Å²) in [7, 11) is 6.52. The van der Waals surface area contributed by atoms with Crippen molar-refractivity contribution in [2.75, 3.05) is 35.0 Å². The van der Waals surface area contributed by atoms with Crippen LogP contribution in [0.2, 0.25) is 0 Å². The molecule has 1 unspecified atom stereocenters. The van der Waals surface area contributed by atoms with Crippen LogP contribution >= 0.6 is 11.3 Å². The van der Waals surface area contributed by atoms with Crippen molar-refractivity contribution in [2.24, 2.45) is 0 Å². The van der Waals surface area contributed by atoms with Gasteiger partial charge in [-0.1, -0.05) is 12.1 Å². The summed E-state index contributed by atoms with van der Waals surface area (Å²) in [6.45, 7) is 0.663. The SMILES string of the molecule is COc1ccc(CCC(=O)N2CCc3cc(OC)c(OC)cc3C2c2cccs2)cc1OC. The predicted octanol–water partition coefficient (Wildman–Crippen LogP) is 4.89. The number of carbonyl (C=O) groups is 1. The van der Waals surface area contributed by atoms with Crippen molar-refractivity contribution < 1.29 is 23.7 Å². The van der Waals surface area contributed by atoms with Gasteiger partial charge < -0.3 is 23.8 Å². The summed E-state index contributed by atoms with van der Waals surface area (Å²) in [5, 5.41) is 2.05. The van der Waals surface area contributed by atoms with Crippen LogP contribution in [0.1, 0.15) is 34.0 Å². The van der Waals surface area contributed by atoms with Crippen LogP contribution in [0.25, 0.3) is 0 Å². The number of thiophene rings is 1. The molecule has 4 rings (SSSR count). The summed E-state index contributed by atoms with van der Waals surface area (Å²) in [6, 6.07) is 13.8. The number of hydrogen-bond acceptors (Lipinski definition) is 6. The maximum atomic E-state index is 13.5. The molecule has 0 saturated heterocycles. The second-order valence-corrected chi connectivity index (χ2v) is 8.83. The zero-order valence-electron chi connectivity index (χ0n) is 19.4. The van der Waals surface area contributed by atoms with E-state index in [2.05, 4.69) is 11.4 Å². The lowest BCUT2D eigenvalue weighted by Crippen LogP contribution is -2.40. The van der Waals surface area contributed by atoms with Crippen LogP contribution in [-0.2, 0) is 17.6 Å². The molecular weight excluding hydrogens is 438 g/mol. The molecule has 1 aromatic heterocycles. The van der Waals surface area contributed by atoms with Crippen molar-refractivity contribution in [3.8, 4) is 23.0 Å². The topological polar surface area (TPSA) is 57.2 Å². The van der Waals surface area contributed by atoms with Crippen LogP contribution in [-0.4, -0.2) is 45.8 Å². The van der Waals surface area contributed by atoms with Crippen LogP contribution in [0.3, 0.4) is 0 Å². The van der Waals surface area contributed by atoms with Gasteiger partial charge in [-0.2, -0.15) is 0 Å². The maximum Gasteiger partial charge on any atom is 0.223 e. The monoisotopic (exact) mass is 467 g/mol. The van der Waals surface area contributed by atoms with Crippen molar-refractivity contribution in [3.63, 3.8) is 0 Å². The van der Waals surface area contributed by atoms with E-state index in [0.717, 1.165) is 28.2 Å². The molecule has 0 bridgehead atoms. The molecule has 2 heterocycles. The molecule has 0 N–H and O–H groups in total. The van der Waals surface area contributed by atoms with E-state index in [4.69, 9.17) is 18.9 Å². The lowest BCUT2D eigenvalue weighted by atomic mass is 9.90. The van der Waals surface area contributed by atoms with Gasteiger partial charge in [-0.15, -0.1) is 11.3 Å². The Balaban J connectivity index is 1.60. The van der Waals surface area contributed by atoms with Gasteiger partial charge in [-0.05, 0) is 65.2 Å². The third kappa shape index (κ3) is 4.64. The normalized spacial score (nSPS) is 15.0. The van der Waals surface area contributed by atoms with Gasteiger partial charge in [0.1, 0.15) is 0 Å². The first-order chi connectivity index (χ1) is 16.1. The Morgan fingerprint density at radius 3 is 2.30 bits per heavy atom. The quantitative estimate of drug-likeness (QED) is 0.472. The number of hydrogen-bond donors (Lipinski definition) is 0. The molecule has 33 heavy (non-hydrogen) atoms. The highest BCUT2D eigenvalue weighted by atomic mass is 32.1. The van der Waals surface area contributed by atoms with Crippen molar-refractivity contribution in [1.82, 2.24) is 4.90 Å². The van der Waals surface area contributed by atoms with Crippen molar-refractivity contribution in [1.29, 1.82) is 0 Å². The van der Waals surface area contributed by atoms with E-state index in [9.17, 15) is 4.79 Å². The maximum absolute atomic E-state index is 13.5. The fraction of sp³-hybridized carbons (Fsp3) is 0.346. The molecule has 0 saturated carbocycles. The number of ether oxygens (including phenoxy) is 4. The van der Waals surface area contributed by atoms with Gasteiger partial charge in [-0.3, -0.25) is 4.79 Å². The number of methoxy groups -OCH3 is 4. The summed E-state index contributed by atoms with van der Waals surface area (Å²) < 4.78 is 21.8. The average Bonchev–Trinajstić information content (AvgIpc) is 3.39. The summed E-state index contributed by atoms with van der Waals surface area (Å²) >= 11 is 1.66. The summed E-state index contributed by atoms with van der Waals surface area (Å²) in [5.41, 5.74) is 3.33.